The van der Waals surface area contributed by atoms with Gasteiger partial charge in [0.05, 0.1) is 0 Å². The van der Waals surface area contributed by atoms with Gasteiger partial charge in [-0.3, -0.25) is 4.99 Å². The van der Waals surface area contributed by atoms with Gasteiger partial charge in [-0.05, 0) is 34.6 Å². The summed E-state index contributed by atoms with van der Waals surface area (Å²) in [5, 5.41) is 2.17. The third-order valence-corrected chi connectivity index (χ3v) is 2.78. The maximum atomic E-state index is 4.58. The Labute approximate surface area is 84.0 Å². The maximum Gasteiger partial charge on any atom is 0.185 e. The van der Waals surface area contributed by atoms with E-state index in [2.05, 4.69) is 49.6 Å². The summed E-state index contributed by atoms with van der Waals surface area (Å²) in [6.45, 7) is 10.7. The average molecular weight is 198 g/mol. The minimum Gasteiger partial charge on any atom is -0.319 e. The second-order valence-electron chi connectivity index (χ2n) is 3.85. The van der Waals surface area contributed by atoms with Crippen LogP contribution in [0.3, 0.4) is 0 Å². The van der Waals surface area contributed by atoms with Crippen molar-refractivity contribution in [2.24, 2.45) is 4.99 Å². The Hall–Kier alpha value is -0.570. The quantitative estimate of drug-likeness (QED) is 0.695. The van der Waals surface area contributed by atoms with E-state index in [1.54, 1.807) is 11.3 Å². The third kappa shape index (κ3) is 2.44. The second-order valence-corrected chi connectivity index (χ2v) is 4.68. The first-order valence-electron chi connectivity index (χ1n) is 4.73. The lowest BCUT2D eigenvalue weighted by Gasteiger charge is -2.09. The van der Waals surface area contributed by atoms with Gasteiger partial charge in [-0.15, -0.1) is 11.3 Å². The van der Waals surface area contributed by atoms with Gasteiger partial charge in [0, 0.05) is 23.2 Å². The molecule has 1 aromatic rings. The normalized spacial score (nSPS) is 13.3. The van der Waals surface area contributed by atoms with E-state index in [1.807, 2.05) is 0 Å². The lowest BCUT2D eigenvalue weighted by atomic mass is 10.3. The number of thiazole rings is 1. The zero-order chi connectivity index (χ0) is 10.0. The van der Waals surface area contributed by atoms with Gasteiger partial charge in [0.15, 0.2) is 4.80 Å². The first-order chi connectivity index (χ1) is 6.02. The van der Waals surface area contributed by atoms with E-state index in [1.165, 1.54) is 5.69 Å². The van der Waals surface area contributed by atoms with Crippen molar-refractivity contribution in [3.05, 3.63) is 15.9 Å². The number of hydrogen-bond acceptors (Lipinski definition) is 2. The van der Waals surface area contributed by atoms with Crippen LogP contribution in [-0.2, 0) is 0 Å². The van der Waals surface area contributed by atoms with E-state index in [0.717, 1.165) is 4.80 Å². The van der Waals surface area contributed by atoms with E-state index >= 15 is 0 Å². The minimum atomic E-state index is 0.378. The van der Waals surface area contributed by atoms with Gasteiger partial charge in [0.25, 0.3) is 0 Å². The van der Waals surface area contributed by atoms with Crippen molar-refractivity contribution in [2.75, 3.05) is 0 Å². The molecule has 0 N–H and O–H groups in total. The fourth-order valence-corrected chi connectivity index (χ4v) is 2.47. The Morgan fingerprint density at radius 1 is 1.31 bits per heavy atom. The number of nitrogens with zero attached hydrogens (tertiary/aromatic N) is 2. The van der Waals surface area contributed by atoms with Crippen LogP contribution in [0.2, 0.25) is 0 Å². The first kappa shape index (κ1) is 10.5. The summed E-state index contributed by atoms with van der Waals surface area (Å²) in [6, 6.07) is 0.881. The van der Waals surface area contributed by atoms with Crippen molar-refractivity contribution >= 4 is 11.3 Å². The molecule has 3 heteroatoms. The molecule has 1 heterocycles. The van der Waals surface area contributed by atoms with Crippen LogP contribution in [-0.4, -0.2) is 10.6 Å². The van der Waals surface area contributed by atoms with Gasteiger partial charge >= 0.3 is 0 Å². The van der Waals surface area contributed by atoms with Crippen LogP contribution < -0.4 is 4.80 Å². The van der Waals surface area contributed by atoms with E-state index in [4.69, 9.17) is 0 Å². The van der Waals surface area contributed by atoms with Crippen molar-refractivity contribution in [1.29, 1.82) is 0 Å². The molecule has 2 nitrogen and oxygen atoms in total. The monoisotopic (exact) mass is 198 g/mol. The van der Waals surface area contributed by atoms with Crippen LogP contribution >= 0.6 is 11.3 Å². The summed E-state index contributed by atoms with van der Waals surface area (Å²) in [6.07, 6.45) is 0. The van der Waals surface area contributed by atoms with Crippen LogP contribution in [0.4, 0.5) is 0 Å². The average Bonchev–Trinajstić information content (AvgIpc) is 2.30. The smallest absolute Gasteiger partial charge is 0.185 e. The summed E-state index contributed by atoms with van der Waals surface area (Å²) in [5.41, 5.74) is 1.31. The van der Waals surface area contributed by atoms with E-state index in [9.17, 15) is 0 Å². The molecule has 0 unspecified atom stereocenters. The molecule has 0 aliphatic rings. The predicted octanol–water partition coefficient (Wildman–Crippen LogP) is 2.75. The highest BCUT2D eigenvalue weighted by Gasteiger charge is 2.04. The SMILES string of the molecule is Cc1csc(=NC(C)C)n1C(C)C. The number of hydrogen-bond donors (Lipinski definition) is 0. The molecule has 1 rings (SSSR count). The highest BCUT2D eigenvalue weighted by molar-refractivity contribution is 7.07. The number of rotatable bonds is 2. The largest absolute Gasteiger partial charge is 0.319 e. The molecule has 0 aliphatic carbocycles. The summed E-state index contributed by atoms with van der Waals surface area (Å²) in [7, 11) is 0. The molecule has 0 saturated carbocycles. The molecule has 13 heavy (non-hydrogen) atoms. The summed E-state index contributed by atoms with van der Waals surface area (Å²) in [5.74, 6) is 0. The Balaban J connectivity index is 3.23. The second kappa shape index (κ2) is 4.09. The Morgan fingerprint density at radius 2 is 1.92 bits per heavy atom. The van der Waals surface area contributed by atoms with Crippen LogP contribution in [0.1, 0.15) is 39.4 Å². The summed E-state index contributed by atoms with van der Waals surface area (Å²) >= 11 is 1.73. The molecule has 0 aliphatic heterocycles. The van der Waals surface area contributed by atoms with Crippen LogP contribution in [0, 0.1) is 6.92 Å². The topological polar surface area (TPSA) is 17.3 Å². The summed E-state index contributed by atoms with van der Waals surface area (Å²) < 4.78 is 2.28. The molecule has 1 aromatic heterocycles. The molecule has 0 bridgehead atoms. The number of aryl methyl sites for hydroxylation is 1. The Kier molecular flexibility index (Phi) is 3.31. The molecule has 74 valence electrons. The van der Waals surface area contributed by atoms with E-state index < -0.39 is 0 Å². The molecule has 0 amide bonds. The standard InChI is InChI=1S/C10H18N2S/c1-7(2)11-10-12(8(3)4)9(5)6-13-10/h6-8H,1-5H3. The van der Waals surface area contributed by atoms with Crippen molar-refractivity contribution in [1.82, 2.24) is 4.57 Å². The zero-order valence-corrected chi connectivity index (χ0v) is 9.85. The van der Waals surface area contributed by atoms with Gasteiger partial charge in [0.1, 0.15) is 0 Å². The molecular formula is C10H18N2S. The maximum absolute atomic E-state index is 4.58. The predicted molar refractivity (Wildman–Crippen MR) is 58.1 cm³/mol. The van der Waals surface area contributed by atoms with Crippen molar-refractivity contribution < 1.29 is 0 Å². The molecule has 0 aromatic carbocycles. The van der Waals surface area contributed by atoms with Crippen LogP contribution in [0.15, 0.2) is 10.4 Å². The van der Waals surface area contributed by atoms with Crippen molar-refractivity contribution in [2.45, 2.75) is 46.7 Å². The van der Waals surface area contributed by atoms with Gasteiger partial charge in [-0.2, -0.15) is 0 Å². The van der Waals surface area contributed by atoms with E-state index in [-0.39, 0.29) is 0 Å². The van der Waals surface area contributed by atoms with Gasteiger partial charge in [-0.25, -0.2) is 0 Å². The fraction of sp³-hybridized carbons (Fsp3) is 0.700. The molecule has 0 fully saturated rings. The Morgan fingerprint density at radius 3 is 2.38 bits per heavy atom. The van der Waals surface area contributed by atoms with Crippen molar-refractivity contribution in [3.63, 3.8) is 0 Å². The molecular weight excluding hydrogens is 180 g/mol. The third-order valence-electron chi connectivity index (χ3n) is 1.81. The summed E-state index contributed by atoms with van der Waals surface area (Å²) in [4.78, 5) is 5.72. The zero-order valence-electron chi connectivity index (χ0n) is 9.03. The fourth-order valence-electron chi connectivity index (χ4n) is 1.34. The van der Waals surface area contributed by atoms with Gasteiger partial charge in [-0.1, -0.05) is 0 Å². The number of aromatic nitrogens is 1. The highest BCUT2D eigenvalue weighted by Crippen LogP contribution is 2.08. The first-order valence-corrected chi connectivity index (χ1v) is 5.60. The van der Waals surface area contributed by atoms with Gasteiger partial charge in [0.2, 0.25) is 0 Å². The molecule has 0 saturated heterocycles. The molecule has 0 atom stereocenters. The van der Waals surface area contributed by atoms with Crippen LogP contribution in [0.25, 0.3) is 0 Å². The van der Waals surface area contributed by atoms with Gasteiger partial charge < -0.3 is 4.57 Å². The van der Waals surface area contributed by atoms with E-state index in [0.29, 0.717) is 12.1 Å². The Bertz CT molecular complexity index is 331. The minimum absolute atomic E-state index is 0.378. The van der Waals surface area contributed by atoms with Crippen molar-refractivity contribution in [3.8, 4) is 0 Å². The molecule has 0 spiro atoms. The lowest BCUT2D eigenvalue weighted by molar-refractivity contribution is 0.561. The molecule has 0 radical (unpaired) electrons. The van der Waals surface area contributed by atoms with Crippen LogP contribution in [0.5, 0.6) is 0 Å². The lowest BCUT2D eigenvalue weighted by Crippen LogP contribution is -2.19. The highest BCUT2D eigenvalue weighted by atomic mass is 32.1.